The fourth-order valence-corrected chi connectivity index (χ4v) is 5.00. The Hall–Kier alpha value is -2.15. The van der Waals surface area contributed by atoms with Crippen LogP contribution in [0.1, 0.15) is 34.7 Å². The summed E-state index contributed by atoms with van der Waals surface area (Å²) in [5.41, 5.74) is 7.18. The van der Waals surface area contributed by atoms with Crippen molar-refractivity contribution in [1.82, 2.24) is 10.2 Å². The number of likely N-dealkylation sites (N-methyl/N-ethyl adjacent to an activating group) is 1. The van der Waals surface area contributed by atoms with Gasteiger partial charge >= 0.3 is 0 Å². The summed E-state index contributed by atoms with van der Waals surface area (Å²) >= 11 is 0. The maximum absolute atomic E-state index is 6.57. The zero-order valence-corrected chi connectivity index (χ0v) is 16.9. The Kier molecular flexibility index (Phi) is 3.95. The Balaban J connectivity index is 0.00000171. The lowest BCUT2D eigenvalue weighted by Gasteiger charge is -2.45. The molecule has 28 heavy (non-hydrogen) atoms. The van der Waals surface area contributed by atoms with Crippen LogP contribution in [0.2, 0.25) is 0 Å². The van der Waals surface area contributed by atoms with Crippen LogP contribution < -0.4 is 24.3 Å². The average molecular weight is 403 g/mol. The van der Waals surface area contributed by atoms with E-state index in [0.29, 0.717) is 0 Å². The number of benzene rings is 2. The normalized spacial score (nSPS) is 23.0. The van der Waals surface area contributed by atoms with E-state index in [-0.39, 0.29) is 24.9 Å². The fraction of sp³-hybridized carbons (Fsp3) is 0.429. The highest BCUT2D eigenvalue weighted by Gasteiger charge is 2.45. The first-order chi connectivity index (χ1) is 13.2. The number of hydrogen-bond donors (Lipinski definition) is 1. The minimum atomic E-state index is -0.186. The molecule has 6 rings (SSSR count). The number of methoxy groups -OCH3 is 2. The van der Waals surface area contributed by atoms with Gasteiger partial charge in [-0.25, -0.2) is 0 Å². The molecule has 0 amide bonds. The Morgan fingerprint density at radius 1 is 0.964 bits per heavy atom. The molecule has 0 radical (unpaired) electrons. The molecule has 0 aromatic heterocycles. The lowest BCUT2D eigenvalue weighted by molar-refractivity contribution is 0.0286. The molecule has 0 aliphatic carbocycles. The van der Waals surface area contributed by atoms with Crippen molar-refractivity contribution in [2.24, 2.45) is 0 Å². The van der Waals surface area contributed by atoms with Crippen LogP contribution in [0.5, 0.6) is 23.0 Å². The number of hydrogen-bond acceptors (Lipinski definition) is 6. The number of rotatable bonds is 2. The van der Waals surface area contributed by atoms with Gasteiger partial charge in [0.2, 0.25) is 0 Å². The van der Waals surface area contributed by atoms with Crippen molar-refractivity contribution in [2.45, 2.75) is 25.3 Å². The minimum absolute atomic E-state index is 0. The van der Waals surface area contributed by atoms with Gasteiger partial charge in [0, 0.05) is 35.3 Å². The molecule has 6 nitrogen and oxygen atoms in total. The standard InChI is InChI=1S/C21H22N2O4.ClH/c1-23-7-5-11-9-12(24-2)18-17-15(11)21(23)27-19-13(25-3)8-10-4-6-22-20(26-18)14(10)16(17)19;/h8-9,20-22H,4-7H2,1-3H3;1H. The molecule has 4 aliphatic heterocycles. The molecular formula is C21H23ClN2O4. The highest BCUT2D eigenvalue weighted by atomic mass is 35.5. The molecule has 4 heterocycles. The van der Waals surface area contributed by atoms with E-state index >= 15 is 0 Å². The summed E-state index contributed by atoms with van der Waals surface area (Å²) < 4.78 is 24.5. The van der Waals surface area contributed by atoms with Gasteiger partial charge in [-0.2, -0.15) is 0 Å². The van der Waals surface area contributed by atoms with Crippen molar-refractivity contribution in [1.29, 1.82) is 0 Å². The zero-order chi connectivity index (χ0) is 18.3. The molecule has 0 bridgehead atoms. The monoisotopic (exact) mass is 402 g/mol. The summed E-state index contributed by atoms with van der Waals surface area (Å²) in [6, 6.07) is 4.24. The molecule has 4 aliphatic rings. The van der Waals surface area contributed by atoms with Gasteiger partial charge in [-0.1, -0.05) is 0 Å². The Morgan fingerprint density at radius 3 is 2.32 bits per heavy atom. The molecule has 148 valence electrons. The third kappa shape index (κ3) is 2.11. The molecule has 7 heteroatoms. The van der Waals surface area contributed by atoms with Crippen LogP contribution >= 0.6 is 12.4 Å². The second-order valence-corrected chi connectivity index (χ2v) is 7.61. The van der Waals surface area contributed by atoms with Crippen molar-refractivity contribution in [3.63, 3.8) is 0 Å². The fourth-order valence-electron chi connectivity index (χ4n) is 5.00. The van der Waals surface area contributed by atoms with Crippen LogP contribution in [-0.4, -0.2) is 39.3 Å². The first kappa shape index (κ1) is 17.9. The highest BCUT2D eigenvalue weighted by molar-refractivity contribution is 5.90. The first-order valence-corrected chi connectivity index (χ1v) is 9.46. The van der Waals surface area contributed by atoms with Gasteiger partial charge in [0.25, 0.3) is 0 Å². The predicted molar refractivity (Wildman–Crippen MR) is 107 cm³/mol. The molecule has 0 spiro atoms. The van der Waals surface area contributed by atoms with Gasteiger partial charge in [-0.15, -0.1) is 12.4 Å². The van der Waals surface area contributed by atoms with E-state index in [1.165, 1.54) is 22.3 Å². The van der Waals surface area contributed by atoms with Crippen LogP contribution in [0.25, 0.3) is 11.1 Å². The number of nitrogens with zero attached hydrogens (tertiary/aromatic N) is 1. The van der Waals surface area contributed by atoms with Gasteiger partial charge in [-0.05, 0) is 43.1 Å². The van der Waals surface area contributed by atoms with Gasteiger partial charge in [0.15, 0.2) is 35.5 Å². The van der Waals surface area contributed by atoms with E-state index in [0.717, 1.165) is 60.1 Å². The average Bonchev–Trinajstić information content (AvgIpc) is 2.71. The molecule has 0 fully saturated rings. The minimum Gasteiger partial charge on any atom is -0.493 e. The van der Waals surface area contributed by atoms with Crippen LogP contribution in [0.15, 0.2) is 12.1 Å². The van der Waals surface area contributed by atoms with E-state index in [1.54, 1.807) is 14.2 Å². The van der Waals surface area contributed by atoms with E-state index in [9.17, 15) is 0 Å². The van der Waals surface area contributed by atoms with E-state index < -0.39 is 0 Å². The molecule has 2 aromatic rings. The van der Waals surface area contributed by atoms with Crippen molar-refractivity contribution >= 4 is 12.4 Å². The summed E-state index contributed by atoms with van der Waals surface area (Å²) in [5.74, 6) is 3.22. The quantitative estimate of drug-likeness (QED) is 0.832. The lowest BCUT2D eigenvalue weighted by Crippen LogP contribution is -2.41. The summed E-state index contributed by atoms with van der Waals surface area (Å²) in [5, 5.41) is 3.50. The van der Waals surface area contributed by atoms with Gasteiger partial charge in [-0.3, -0.25) is 10.2 Å². The van der Waals surface area contributed by atoms with Crippen molar-refractivity contribution in [3.8, 4) is 34.1 Å². The topological polar surface area (TPSA) is 52.2 Å². The molecule has 2 unspecified atom stereocenters. The third-order valence-electron chi connectivity index (χ3n) is 6.27. The van der Waals surface area contributed by atoms with Gasteiger partial charge in [0.1, 0.15) is 0 Å². The molecule has 2 atom stereocenters. The first-order valence-electron chi connectivity index (χ1n) is 9.46. The van der Waals surface area contributed by atoms with E-state index in [1.807, 2.05) is 0 Å². The highest BCUT2D eigenvalue weighted by Crippen LogP contribution is 2.61. The third-order valence-corrected chi connectivity index (χ3v) is 6.27. The molecule has 0 saturated carbocycles. The SMILES string of the molecule is COc1cc2c3c4c1OC1c5c(cc(OC)c(c5-4)OC3NCC2)CCN1C.Cl. The maximum Gasteiger partial charge on any atom is 0.180 e. The zero-order valence-electron chi connectivity index (χ0n) is 16.1. The number of halogens is 1. The number of nitrogens with one attached hydrogen (secondary N) is 1. The van der Waals surface area contributed by atoms with Crippen LogP contribution in [0, 0.1) is 0 Å². The number of ether oxygens (including phenoxy) is 4. The smallest absolute Gasteiger partial charge is 0.180 e. The molecular weight excluding hydrogens is 380 g/mol. The van der Waals surface area contributed by atoms with Crippen LogP contribution in [-0.2, 0) is 12.8 Å². The van der Waals surface area contributed by atoms with Crippen molar-refractivity contribution < 1.29 is 18.9 Å². The predicted octanol–water partition coefficient (Wildman–Crippen LogP) is 3.21. The molecule has 0 saturated heterocycles. The second kappa shape index (κ2) is 6.17. The Labute approximate surface area is 170 Å². The van der Waals surface area contributed by atoms with Crippen LogP contribution in [0.3, 0.4) is 0 Å². The Morgan fingerprint density at radius 2 is 1.61 bits per heavy atom. The van der Waals surface area contributed by atoms with E-state index in [4.69, 9.17) is 18.9 Å². The summed E-state index contributed by atoms with van der Waals surface area (Å²) in [7, 11) is 5.53. The van der Waals surface area contributed by atoms with Crippen molar-refractivity contribution in [2.75, 3.05) is 34.4 Å². The lowest BCUT2D eigenvalue weighted by atomic mass is 9.80. The van der Waals surface area contributed by atoms with E-state index in [2.05, 4.69) is 29.4 Å². The summed E-state index contributed by atoms with van der Waals surface area (Å²) in [6.45, 7) is 1.81. The maximum atomic E-state index is 6.57. The summed E-state index contributed by atoms with van der Waals surface area (Å²) in [4.78, 5) is 2.25. The molecule has 2 aromatic carbocycles. The van der Waals surface area contributed by atoms with Crippen LogP contribution in [0.4, 0.5) is 0 Å². The van der Waals surface area contributed by atoms with Crippen molar-refractivity contribution in [3.05, 3.63) is 34.4 Å². The summed E-state index contributed by atoms with van der Waals surface area (Å²) in [6.07, 6.45) is 1.60. The molecule has 1 N–H and O–H groups in total. The second-order valence-electron chi connectivity index (χ2n) is 7.61. The Bertz CT molecular complexity index is 993. The van der Waals surface area contributed by atoms with Gasteiger partial charge < -0.3 is 18.9 Å². The largest absolute Gasteiger partial charge is 0.493 e. The van der Waals surface area contributed by atoms with Gasteiger partial charge in [0.05, 0.1) is 14.2 Å².